The van der Waals surface area contributed by atoms with Crippen LogP contribution in [0.15, 0.2) is 0 Å². The molecule has 0 aliphatic heterocycles. The van der Waals surface area contributed by atoms with Gasteiger partial charge in [0.2, 0.25) is 0 Å². The summed E-state index contributed by atoms with van der Waals surface area (Å²) in [5.74, 6) is -1.29. The second-order valence-electron chi connectivity index (χ2n) is 3.86. The van der Waals surface area contributed by atoms with Crippen molar-refractivity contribution in [3.8, 4) is 0 Å². The molecule has 1 saturated carbocycles. The average Bonchev–Trinajstić information content (AvgIpc) is 2.18. The third kappa shape index (κ3) is 3.01. The molecule has 0 spiro atoms. The van der Waals surface area contributed by atoms with E-state index in [1.165, 1.54) is 11.3 Å². The van der Waals surface area contributed by atoms with Crippen LogP contribution in [0.1, 0.15) is 32.1 Å². The van der Waals surface area contributed by atoms with Crippen LogP contribution in [0.4, 0.5) is 0 Å². The number of hydrogen-bond donors (Lipinski definition) is 0. The van der Waals surface area contributed by atoms with Crippen molar-refractivity contribution < 1.29 is 14.3 Å². The molecule has 1 aliphatic rings. The minimum absolute atomic E-state index is 0.0415. The van der Waals surface area contributed by atoms with Crippen molar-refractivity contribution in [3.05, 3.63) is 0 Å². The van der Waals surface area contributed by atoms with Crippen LogP contribution in [0.25, 0.3) is 0 Å². The first-order valence-corrected chi connectivity index (χ1v) is 5.03. The molecule has 1 aliphatic carbocycles. The lowest BCUT2D eigenvalue weighted by Crippen LogP contribution is -2.34. The van der Waals surface area contributed by atoms with Crippen LogP contribution < -0.4 is 0 Å². The van der Waals surface area contributed by atoms with E-state index >= 15 is 0 Å². The maximum Gasteiger partial charge on any atom is 0.397 e. The first kappa shape index (κ1) is 11.0. The minimum Gasteiger partial charge on any atom is -0.455 e. The minimum atomic E-state index is -0.720. The van der Waals surface area contributed by atoms with Crippen molar-refractivity contribution >= 4 is 11.9 Å². The van der Waals surface area contributed by atoms with Gasteiger partial charge in [0.05, 0.1) is 0 Å². The molecular formula is C10H17NO3. The molecule has 0 aromatic rings. The number of hydrogen-bond acceptors (Lipinski definition) is 3. The van der Waals surface area contributed by atoms with E-state index in [-0.39, 0.29) is 6.10 Å². The third-order valence-corrected chi connectivity index (χ3v) is 2.41. The van der Waals surface area contributed by atoms with Crippen LogP contribution >= 0.6 is 0 Å². The molecule has 0 aromatic carbocycles. The molecule has 80 valence electrons. The van der Waals surface area contributed by atoms with Crippen LogP contribution in [0, 0.1) is 0 Å². The largest absolute Gasteiger partial charge is 0.455 e. The molecule has 1 amide bonds. The lowest BCUT2D eigenvalue weighted by atomic mass is 9.98. The summed E-state index contributed by atoms with van der Waals surface area (Å²) >= 11 is 0. The molecule has 1 rings (SSSR count). The zero-order valence-electron chi connectivity index (χ0n) is 8.78. The zero-order chi connectivity index (χ0) is 10.6. The SMILES string of the molecule is CN(C)C(=O)C(=O)OC1CCCCC1. The zero-order valence-corrected chi connectivity index (χ0v) is 8.78. The standard InChI is InChI=1S/C10H17NO3/c1-11(2)9(12)10(13)14-8-6-4-3-5-7-8/h8H,3-7H2,1-2H3. The Morgan fingerprint density at radius 3 is 2.21 bits per heavy atom. The van der Waals surface area contributed by atoms with Gasteiger partial charge in [-0.25, -0.2) is 4.79 Å². The Bertz CT molecular complexity index is 219. The monoisotopic (exact) mass is 199 g/mol. The molecule has 0 atom stereocenters. The van der Waals surface area contributed by atoms with Gasteiger partial charge in [-0.2, -0.15) is 0 Å². The van der Waals surface area contributed by atoms with E-state index < -0.39 is 11.9 Å². The number of esters is 1. The quantitative estimate of drug-likeness (QED) is 0.466. The van der Waals surface area contributed by atoms with Gasteiger partial charge >= 0.3 is 11.9 Å². The summed E-state index contributed by atoms with van der Waals surface area (Å²) in [7, 11) is 3.09. The van der Waals surface area contributed by atoms with Gasteiger partial charge in [-0.05, 0) is 25.7 Å². The summed E-state index contributed by atoms with van der Waals surface area (Å²) in [6, 6.07) is 0. The predicted octanol–water partition coefficient (Wildman–Crippen LogP) is 0.950. The van der Waals surface area contributed by atoms with Crippen LogP contribution in [-0.2, 0) is 14.3 Å². The number of carbonyl (C=O) groups excluding carboxylic acids is 2. The summed E-state index contributed by atoms with van der Waals surface area (Å²) in [5.41, 5.74) is 0. The van der Waals surface area contributed by atoms with Crippen molar-refractivity contribution in [2.24, 2.45) is 0 Å². The highest BCUT2D eigenvalue weighted by molar-refractivity contribution is 6.32. The lowest BCUT2D eigenvalue weighted by molar-refractivity contribution is -0.163. The molecule has 0 radical (unpaired) electrons. The maximum atomic E-state index is 11.2. The summed E-state index contributed by atoms with van der Waals surface area (Å²) in [4.78, 5) is 23.6. The molecule has 0 saturated heterocycles. The first-order chi connectivity index (χ1) is 6.61. The second-order valence-corrected chi connectivity index (χ2v) is 3.86. The fraction of sp³-hybridized carbons (Fsp3) is 0.800. The summed E-state index contributed by atoms with van der Waals surface area (Å²) in [6.45, 7) is 0. The summed E-state index contributed by atoms with van der Waals surface area (Å²) in [6.07, 6.45) is 5.14. The highest BCUT2D eigenvalue weighted by Crippen LogP contribution is 2.20. The fourth-order valence-electron chi connectivity index (χ4n) is 1.57. The van der Waals surface area contributed by atoms with Crippen molar-refractivity contribution in [3.63, 3.8) is 0 Å². The molecule has 4 nitrogen and oxygen atoms in total. The Morgan fingerprint density at radius 1 is 1.14 bits per heavy atom. The molecule has 1 fully saturated rings. The predicted molar refractivity (Wildman–Crippen MR) is 51.7 cm³/mol. The Hall–Kier alpha value is -1.06. The van der Waals surface area contributed by atoms with Gasteiger partial charge < -0.3 is 9.64 Å². The molecular weight excluding hydrogens is 182 g/mol. The van der Waals surface area contributed by atoms with Gasteiger partial charge in [0.25, 0.3) is 0 Å². The van der Waals surface area contributed by atoms with Crippen LogP contribution in [0.2, 0.25) is 0 Å². The number of carbonyl (C=O) groups is 2. The van der Waals surface area contributed by atoms with Gasteiger partial charge in [0, 0.05) is 14.1 Å². The van der Waals surface area contributed by atoms with Gasteiger partial charge in [-0.3, -0.25) is 4.79 Å². The number of rotatable bonds is 1. The number of likely N-dealkylation sites (N-methyl/N-ethyl adjacent to an activating group) is 1. The first-order valence-electron chi connectivity index (χ1n) is 5.03. The fourth-order valence-corrected chi connectivity index (χ4v) is 1.57. The summed E-state index contributed by atoms with van der Waals surface area (Å²) in [5, 5.41) is 0. The number of amides is 1. The van der Waals surface area contributed by atoms with Gasteiger partial charge in [-0.1, -0.05) is 6.42 Å². The van der Waals surface area contributed by atoms with E-state index in [0.29, 0.717) is 0 Å². The smallest absolute Gasteiger partial charge is 0.397 e. The van der Waals surface area contributed by atoms with E-state index in [1.807, 2.05) is 0 Å². The van der Waals surface area contributed by atoms with Crippen LogP contribution in [0.3, 0.4) is 0 Å². The highest BCUT2D eigenvalue weighted by atomic mass is 16.5. The number of ether oxygens (including phenoxy) is 1. The van der Waals surface area contributed by atoms with Crippen LogP contribution in [0.5, 0.6) is 0 Å². The molecule has 0 unspecified atom stereocenters. The van der Waals surface area contributed by atoms with E-state index in [2.05, 4.69) is 0 Å². The van der Waals surface area contributed by atoms with Crippen molar-refractivity contribution in [1.82, 2.24) is 4.90 Å². The molecule has 4 heteroatoms. The Kier molecular flexibility index (Phi) is 3.92. The van der Waals surface area contributed by atoms with Crippen molar-refractivity contribution in [2.75, 3.05) is 14.1 Å². The normalized spacial score (nSPS) is 17.6. The maximum absolute atomic E-state index is 11.2. The molecule has 0 aromatic heterocycles. The highest BCUT2D eigenvalue weighted by Gasteiger charge is 2.23. The van der Waals surface area contributed by atoms with Gasteiger partial charge in [0.15, 0.2) is 0 Å². The van der Waals surface area contributed by atoms with Gasteiger partial charge in [-0.15, -0.1) is 0 Å². The van der Waals surface area contributed by atoms with E-state index in [1.54, 1.807) is 14.1 Å². The Balaban J connectivity index is 2.35. The Labute approximate surface area is 84.2 Å². The van der Waals surface area contributed by atoms with Gasteiger partial charge in [0.1, 0.15) is 6.10 Å². The molecule has 0 bridgehead atoms. The van der Waals surface area contributed by atoms with E-state index in [0.717, 1.165) is 25.7 Å². The van der Waals surface area contributed by atoms with Crippen molar-refractivity contribution in [2.45, 2.75) is 38.2 Å². The average molecular weight is 199 g/mol. The molecule has 14 heavy (non-hydrogen) atoms. The third-order valence-electron chi connectivity index (χ3n) is 2.41. The number of nitrogens with zero attached hydrogens (tertiary/aromatic N) is 1. The van der Waals surface area contributed by atoms with E-state index in [9.17, 15) is 9.59 Å². The van der Waals surface area contributed by atoms with Crippen LogP contribution in [-0.4, -0.2) is 37.0 Å². The lowest BCUT2D eigenvalue weighted by Gasteiger charge is -2.22. The van der Waals surface area contributed by atoms with E-state index in [4.69, 9.17) is 4.74 Å². The molecule has 0 heterocycles. The summed E-state index contributed by atoms with van der Waals surface area (Å²) < 4.78 is 5.08. The Morgan fingerprint density at radius 2 is 1.71 bits per heavy atom. The topological polar surface area (TPSA) is 46.6 Å². The molecule has 0 N–H and O–H groups in total. The van der Waals surface area contributed by atoms with Crippen molar-refractivity contribution in [1.29, 1.82) is 0 Å². The second kappa shape index (κ2) is 4.98.